The molecular formula is C24H27N3O3S. The van der Waals surface area contributed by atoms with Crippen molar-refractivity contribution in [1.82, 2.24) is 9.29 Å². The number of fused-ring (bicyclic) bond motifs is 1. The van der Waals surface area contributed by atoms with Crippen molar-refractivity contribution in [2.75, 3.05) is 24.7 Å². The number of hydrogen-bond donors (Lipinski definition) is 1. The number of rotatable bonds is 7. The molecule has 0 atom stereocenters. The summed E-state index contributed by atoms with van der Waals surface area (Å²) < 4.78 is 31.4. The van der Waals surface area contributed by atoms with Crippen LogP contribution in [0.5, 0.6) is 5.75 Å². The van der Waals surface area contributed by atoms with Gasteiger partial charge in [-0.1, -0.05) is 24.3 Å². The van der Waals surface area contributed by atoms with Crippen LogP contribution in [0, 0.1) is 6.92 Å². The van der Waals surface area contributed by atoms with E-state index in [0.717, 1.165) is 40.4 Å². The third-order valence-electron chi connectivity index (χ3n) is 5.51. The second-order valence-electron chi connectivity index (χ2n) is 7.81. The summed E-state index contributed by atoms with van der Waals surface area (Å²) in [6, 6.07) is 18.0. The molecule has 2 heterocycles. The molecule has 1 aliphatic heterocycles. The molecule has 162 valence electrons. The van der Waals surface area contributed by atoms with Gasteiger partial charge in [0.2, 0.25) is 10.0 Å². The number of benzene rings is 2. The average Bonchev–Trinajstić information content (AvgIpc) is 2.76. The van der Waals surface area contributed by atoms with E-state index < -0.39 is 10.0 Å². The topological polar surface area (TPSA) is 71.5 Å². The molecule has 4 rings (SSSR count). The molecule has 7 heteroatoms. The zero-order valence-electron chi connectivity index (χ0n) is 17.8. The fourth-order valence-corrected chi connectivity index (χ4v) is 4.58. The third-order valence-corrected chi connectivity index (χ3v) is 6.76. The van der Waals surface area contributed by atoms with Crippen LogP contribution in [-0.4, -0.2) is 37.1 Å². The third kappa shape index (κ3) is 5.24. The highest BCUT2D eigenvalue weighted by atomic mass is 32.2. The molecule has 0 spiro atoms. The van der Waals surface area contributed by atoms with E-state index in [-0.39, 0.29) is 0 Å². The van der Waals surface area contributed by atoms with Gasteiger partial charge in [-0.25, -0.2) is 8.42 Å². The normalized spacial score (nSPS) is 14.1. The van der Waals surface area contributed by atoms with Gasteiger partial charge in [0.1, 0.15) is 5.75 Å². The van der Waals surface area contributed by atoms with E-state index in [0.29, 0.717) is 26.1 Å². The quantitative estimate of drug-likeness (QED) is 0.603. The molecule has 0 unspecified atom stereocenters. The maximum atomic E-state index is 11.9. The first kappa shape index (κ1) is 21.3. The van der Waals surface area contributed by atoms with E-state index in [1.54, 1.807) is 6.20 Å². The second kappa shape index (κ2) is 9.08. The highest BCUT2D eigenvalue weighted by Crippen LogP contribution is 2.31. The smallest absolute Gasteiger partial charge is 0.211 e. The van der Waals surface area contributed by atoms with E-state index in [9.17, 15) is 8.42 Å². The van der Waals surface area contributed by atoms with Crippen molar-refractivity contribution in [2.45, 2.75) is 26.3 Å². The van der Waals surface area contributed by atoms with Crippen molar-refractivity contribution in [3.63, 3.8) is 0 Å². The van der Waals surface area contributed by atoms with Gasteiger partial charge in [-0.3, -0.25) is 4.98 Å². The summed E-state index contributed by atoms with van der Waals surface area (Å²) in [4.78, 5) is 4.33. The number of aromatic nitrogens is 1. The highest BCUT2D eigenvalue weighted by Gasteiger charge is 2.24. The molecule has 0 amide bonds. The van der Waals surface area contributed by atoms with Crippen molar-refractivity contribution in [3.05, 3.63) is 83.2 Å². The number of pyridine rings is 1. The van der Waals surface area contributed by atoms with E-state index in [1.165, 1.54) is 16.1 Å². The molecule has 0 bridgehead atoms. The molecule has 6 nitrogen and oxygen atoms in total. The lowest BCUT2D eigenvalue weighted by molar-refractivity contribution is 0.318. The minimum atomic E-state index is -3.19. The number of hydrogen-bond acceptors (Lipinski definition) is 5. The summed E-state index contributed by atoms with van der Waals surface area (Å²) in [6.45, 7) is 3.51. The van der Waals surface area contributed by atoms with Crippen molar-refractivity contribution in [3.8, 4) is 5.75 Å². The molecule has 31 heavy (non-hydrogen) atoms. The number of anilines is 2. The van der Waals surface area contributed by atoms with Crippen LogP contribution in [0.3, 0.4) is 0 Å². The summed E-state index contributed by atoms with van der Waals surface area (Å²) in [6.07, 6.45) is 4.49. The van der Waals surface area contributed by atoms with E-state index in [2.05, 4.69) is 10.3 Å². The summed E-state index contributed by atoms with van der Waals surface area (Å²) in [7, 11) is -3.19. The fourth-order valence-electron chi connectivity index (χ4n) is 3.78. The molecule has 0 radical (unpaired) electrons. The lowest BCUT2D eigenvalue weighted by Gasteiger charge is -2.28. The minimum absolute atomic E-state index is 0.416. The van der Waals surface area contributed by atoms with Crippen LogP contribution in [0.4, 0.5) is 11.4 Å². The first-order valence-corrected chi connectivity index (χ1v) is 12.2. The van der Waals surface area contributed by atoms with Crippen LogP contribution in [0.25, 0.3) is 0 Å². The Morgan fingerprint density at radius 1 is 1.13 bits per heavy atom. The van der Waals surface area contributed by atoms with Gasteiger partial charge >= 0.3 is 0 Å². The van der Waals surface area contributed by atoms with E-state index in [1.807, 2.05) is 61.5 Å². The van der Waals surface area contributed by atoms with Gasteiger partial charge < -0.3 is 10.1 Å². The molecule has 1 aromatic heterocycles. The van der Waals surface area contributed by atoms with Crippen LogP contribution in [0.2, 0.25) is 0 Å². The van der Waals surface area contributed by atoms with Gasteiger partial charge in [0.15, 0.2) is 0 Å². The number of ether oxygens (including phenoxy) is 1. The van der Waals surface area contributed by atoms with Crippen LogP contribution < -0.4 is 10.1 Å². The lowest BCUT2D eigenvalue weighted by Crippen LogP contribution is -2.35. The lowest BCUT2D eigenvalue weighted by atomic mass is 9.99. The zero-order valence-corrected chi connectivity index (χ0v) is 18.7. The Hall–Kier alpha value is -2.90. The zero-order chi connectivity index (χ0) is 21.8. The van der Waals surface area contributed by atoms with Gasteiger partial charge in [-0.15, -0.1) is 0 Å². The van der Waals surface area contributed by atoms with Gasteiger partial charge in [0.25, 0.3) is 0 Å². The van der Waals surface area contributed by atoms with Crippen LogP contribution >= 0.6 is 0 Å². The SMILES string of the molecule is Cc1ccc(Nc2cccc3c2CCN(S(C)(=O)=O)C3)cc1OCCc1ccccn1. The maximum absolute atomic E-state index is 11.9. The Balaban J connectivity index is 1.47. The number of sulfonamides is 1. The molecule has 1 N–H and O–H groups in total. The summed E-state index contributed by atoms with van der Waals surface area (Å²) in [5.41, 5.74) is 6.24. The van der Waals surface area contributed by atoms with Crippen LogP contribution in [0.15, 0.2) is 60.8 Å². The number of aryl methyl sites for hydroxylation is 1. The monoisotopic (exact) mass is 437 g/mol. The Morgan fingerprint density at radius 2 is 2.00 bits per heavy atom. The predicted molar refractivity (Wildman–Crippen MR) is 123 cm³/mol. The number of nitrogens with zero attached hydrogens (tertiary/aromatic N) is 2. The largest absolute Gasteiger partial charge is 0.493 e. The predicted octanol–water partition coefficient (Wildman–Crippen LogP) is 4.07. The molecule has 1 aliphatic rings. The van der Waals surface area contributed by atoms with Crippen molar-refractivity contribution in [1.29, 1.82) is 0 Å². The Morgan fingerprint density at radius 3 is 2.77 bits per heavy atom. The van der Waals surface area contributed by atoms with Gasteiger partial charge in [-0.2, -0.15) is 4.31 Å². The van der Waals surface area contributed by atoms with E-state index >= 15 is 0 Å². The van der Waals surface area contributed by atoms with Crippen molar-refractivity contribution < 1.29 is 13.2 Å². The molecule has 0 aliphatic carbocycles. The molecule has 0 saturated carbocycles. The van der Waals surface area contributed by atoms with Crippen LogP contribution in [-0.2, 0) is 29.4 Å². The minimum Gasteiger partial charge on any atom is -0.493 e. The second-order valence-corrected chi connectivity index (χ2v) is 9.80. The molecule has 2 aromatic carbocycles. The van der Waals surface area contributed by atoms with E-state index in [4.69, 9.17) is 4.74 Å². The highest BCUT2D eigenvalue weighted by molar-refractivity contribution is 7.88. The standard InChI is InChI=1S/C24H27N3O3S/c1-18-9-10-21(16-24(18)30-15-12-20-7-3-4-13-25-20)26-23-8-5-6-19-17-27(31(2,28)29)14-11-22(19)23/h3-10,13,16,26H,11-12,14-15,17H2,1-2H3. The molecule has 0 saturated heterocycles. The Bertz CT molecular complexity index is 1160. The average molecular weight is 438 g/mol. The summed E-state index contributed by atoms with van der Waals surface area (Å²) in [5.74, 6) is 0.842. The van der Waals surface area contributed by atoms with Crippen LogP contribution in [0.1, 0.15) is 22.4 Å². The first-order valence-electron chi connectivity index (χ1n) is 10.4. The van der Waals surface area contributed by atoms with Crippen molar-refractivity contribution >= 4 is 21.4 Å². The fraction of sp³-hybridized carbons (Fsp3) is 0.292. The maximum Gasteiger partial charge on any atom is 0.211 e. The van der Waals surface area contributed by atoms with Gasteiger partial charge in [-0.05, 0) is 54.3 Å². The van der Waals surface area contributed by atoms with Crippen molar-refractivity contribution in [2.24, 2.45) is 0 Å². The van der Waals surface area contributed by atoms with Gasteiger partial charge in [0.05, 0.1) is 12.9 Å². The Kier molecular flexibility index (Phi) is 6.25. The Labute approximate surface area is 183 Å². The molecule has 3 aromatic rings. The summed E-state index contributed by atoms with van der Waals surface area (Å²) >= 11 is 0. The summed E-state index contributed by atoms with van der Waals surface area (Å²) in [5, 5.41) is 3.50. The molecule has 0 fully saturated rings. The molecular weight excluding hydrogens is 410 g/mol. The number of nitrogens with one attached hydrogen (secondary N) is 1. The van der Waals surface area contributed by atoms with Gasteiger partial charge in [0, 0.05) is 48.8 Å². The first-order chi connectivity index (χ1) is 14.9.